The van der Waals surface area contributed by atoms with E-state index in [1.165, 1.54) is 23.1 Å². The predicted octanol–water partition coefficient (Wildman–Crippen LogP) is 2.73. The SMILES string of the molecule is CC1CCN(C(=O)C(C)Sc2nc3ccsc3c(=O)n2C)CC1. The Balaban J connectivity index is 1.77. The van der Waals surface area contributed by atoms with E-state index < -0.39 is 0 Å². The number of thiophene rings is 1. The monoisotopic (exact) mass is 351 g/mol. The molecule has 2 aromatic rings. The smallest absolute Gasteiger partial charge is 0.271 e. The summed E-state index contributed by atoms with van der Waals surface area (Å²) in [7, 11) is 1.72. The van der Waals surface area contributed by atoms with Gasteiger partial charge < -0.3 is 4.90 Å². The lowest BCUT2D eigenvalue weighted by molar-refractivity contribution is -0.131. The van der Waals surface area contributed by atoms with E-state index in [-0.39, 0.29) is 16.7 Å². The van der Waals surface area contributed by atoms with Crippen LogP contribution in [0.5, 0.6) is 0 Å². The van der Waals surface area contributed by atoms with Crippen molar-refractivity contribution >= 4 is 39.2 Å². The molecule has 0 bridgehead atoms. The predicted molar refractivity (Wildman–Crippen MR) is 95.2 cm³/mol. The summed E-state index contributed by atoms with van der Waals surface area (Å²) >= 11 is 2.78. The Morgan fingerprint density at radius 2 is 2.13 bits per heavy atom. The lowest BCUT2D eigenvalue weighted by Gasteiger charge is -2.32. The summed E-state index contributed by atoms with van der Waals surface area (Å²) in [5, 5.41) is 2.24. The molecule has 0 aromatic carbocycles. The summed E-state index contributed by atoms with van der Waals surface area (Å²) in [6.45, 7) is 5.80. The number of fused-ring (bicyclic) bond motifs is 1. The maximum atomic E-state index is 12.6. The molecular formula is C16H21N3O2S2. The van der Waals surface area contributed by atoms with Gasteiger partial charge in [0, 0.05) is 20.1 Å². The van der Waals surface area contributed by atoms with E-state index in [1.807, 2.05) is 23.3 Å². The van der Waals surface area contributed by atoms with Crippen LogP contribution in [0, 0.1) is 5.92 Å². The van der Waals surface area contributed by atoms with Crippen LogP contribution in [0.15, 0.2) is 21.4 Å². The fourth-order valence-electron chi connectivity index (χ4n) is 2.77. The molecular weight excluding hydrogens is 330 g/mol. The van der Waals surface area contributed by atoms with Crippen molar-refractivity contribution in [2.45, 2.75) is 37.1 Å². The summed E-state index contributed by atoms with van der Waals surface area (Å²) in [5.41, 5.74) is 0.672. The van der Waals surface area contributed by atoms with Gasteiger partial charge in [0.25, 0.3) is 5.56 Å². The van der Waals surface area contributed by atoms with Crippen molar-refractivity contribution in [2.75, 3.05) is 13.1 Å². The maximum absolute atomic E-state index is 12.6. The van der Waals surface area contributed by atoms with Crippen molar-refractivity contribution in [1.29, 1.82) is 0 Å². The summed E-state index contributed by atoms with van der Waals surface area (Å²) in [6, 6.07) is 1.85. The van der Waals surface area contributed by atoms with Gasteiger partial charge in [0.05, 0.1) is 10.8 Å². The van der Waals surface area contributed by atoms with Gasteiger partial charge in [-0.1, -0.05) is 18.7 Å². The van der Waals surface area contributed by atoms with Crippen LogP contribution in [0.3, 0.4) is 0 Å². The number of aromatic nitrogens is 2. The lowest BCUT2D eigenvalue weighted by atomic mass is 9.99. The van der Waals surface area contributed by atoms with E-state index >= 15 is 0 Å². The Morgan fingerprint density at radius 1 is 1.43 bits per heavy atom. The van der Waals surface area contributed by atoms with Crippen LogP contribution in [-0.4, -0.2) is 38.7 Å². The van der Waals surface area contributed by atoms with E-state index in [0.717, 1.165) is 25.9 Å². The minimum Gasteiger partial charge on any atom is -0.342 e. The second kappa shape index (κ2) is 6.65. The summed E-state index contributed by atoms with van der Waals surface area (Å²) in [4.78, 5) is 31.4. The molecule has 1 saturated heterocycles. The van der Waals surface area contributed by atoms with Gasteiger partial charge in [-0.05, 0) is 37.1 Å². The molecule has 0 saturated carbocycles. The molecule has 1 aliphatic rings. The van der Waals surface area contributed by atoms with Crippen LogP contribution in [0.2, 0.25) is 0 Å². The molecule has 1 atom stereocenters. The van der Waals surface area contributed by atoms with Gasteiger partial charge >= 0.3 is 0 Å². The third-order valence-corrected chi connectivity index (χ3v) is 6.39. The zero-order chi connectivity index (χ0) is 16.6. The Kier molecular flexibility index (Phi) is 4.77. The van der Waals surface area contributed by atoms with E-state index in [4.69, 9.17) is 0 Å². The molecule has 0 N–H and O–H groups in total. The first-order chi connectivity index (χ1) is 11.0. The molecule has 0 radical (unpaired) electrons. The number of rotatable bonds is 3. The van der Waals surface area contributed by atoms with Crippen molar-refractivity contribution in [3.8, 4) is 0 Å². The highest BCUT2D eigenvalue weighted by atomic mass is 32.2. The standard InChI is InChI=1S/C16H21N3O2S2/c1-10-4-7-19(8-5-10)14(20)11(2)23-16-17-12-6-9-22-13(12)15(21)18(16)3/h6,9-11H,4-5,7-8H2,1-3H3. The van der Waals surface area contributed by atoms with Crippen LogP contribution < -0.4 is 5.56 Å². The molecule has 124 valence electrons. The topological polar surface area (TPSA) is 55.2 Å². The highest BCUT2D eigenvalue weighted by Crippen LogP contribution is 2.26. The number of hydrogen-bond donors (Lipinski definition) is 0. The van der Waals surface area contributed by atoms with Gasteiger partial charge in [0.15, 0.2) is 5.16 Å². The van der Waals surface area contributed by atoms with E-state index in [0.29, 0.717) is 21.3 Å². The van der Waals surface area contributed by atoms with Crippen LogP contribution in [0.4, 0.5) is 0 Å². The Bertz CT molecular complexity index is 775. The van der Waals surface area contributed by atoms with Crippen LogP contribution in [0.1, 0.15) is 26.7 Å². The normalized spacial score (nSPS) is 17.6. The van der Waals surface area contributed by atoms with Gasteiger partial charge in [-0.25, -0.2) is 4.98 Å². The first kappa shape index (κ1) is 16.5. The number of thioether (sulfide) groups is 1. The summed E-state index contributed by atoms with van der Waals surface area (Å²) < 4.78 is 2.21. The van der Waals surface area contributed by atoms with Gasteiger partial charge in [-0.15, -0.1) is 11.3 Å². The third-order valence-electron chi connectivity index (χ3n) is 4.37. The van der Waals surface area contributed by atoms with Crippen molar-refractivity contribution in [1.82, 2.24) is 14.5 Å². The summed E-state index contributed by atoms with van der Waals surface area (Å²) in [6.07, 6.45) is 2.14. The molecule has 1 fully saturated rings. The molecule has 3 rings (SSSR count). The number of likely N-dealkylation sites (tertiary alicyclic amines) is 1. The first-order valence-electron chi connectivity index (χ1n) is 7.87. The van der Waals surface area contributed by atoms with Crippen molar-refractivity contribution in [3.05, 3.63) is 21.8 Å². The highest BCUT2D eigenvalue weighted by Gasteiger charge is 2.26. The molecule has 3 heterocycles. The minimum atomic E-state index is -0.238. The Hall–Kier alpha value is -1.34. The molecule has 7 heteroatoms. The molecule has 2 aromatic heterocycles. The minimum absolute atomic E-state index is 0.0426. The average molecular weight is 351 g/mol. The fourth-order valence-corrected chi connectivity index (χ4v) is 4.53. The van der Waals surface area contributed by atoms with E-state index in [2.05, 4.69) is 11.9 Å². The van der Waals surface area contributed by atoms with Crippen LogP contribution >= 0.6 is 23.1 Å². The van der Waals surface area contributed by atoms with Crippen molar-refractivity contribution in [2.24, 2.45) is 13.0 Å². The highest BCUT2D eigenvalue weighted by molar-refractivity contribution is 8.00. The Morgan fingerprint density at radius 3 is 2.83 bits per heavy atom. The van der Waals surface area contributed by atoms with Crippen molar-refractivity contribution in [3.63, 3.8) is 0 Å². The number of piperidine rings is 1. The number of hydrogen-bond acceptors (Lipinski definition) is 5. The number of carbonyl (C=O) groups is 1. The molecule has 1 amide bonds. The molecule has 23 heavy (non-hydrogen) atoms. The zero-order valence-corrected chi connectivity index (χ0v) is 15.2. The molecule has 0 spiro atoms. The maximum Gasteiger partial charge on any atom is 0.271 e. The average Bonchev–Trinajstić information content (AvgIpc) is 3.00. The number of carbonyl (C=O) groups excluding carboxylic acids is 1. The summed E-state index contributed by atoms with van der Waals surface area (Å²) in [5.74, 6) is 0.840. The molecule has 0 aliphatic carbocycles. The lowest BCUT2D eigenvalue weighted by Crippen LogP contribution is -2.41. The molecule has 1 unspecified atom stereocenters. The third kappa shape index (κ3) is 3.30. The van der Waals surface area contributed by atoms with Gasteiger partial charge in [-0.3, -0.25) is 14.2 Å². The molecule has 5 nitrogen and oxygen atoms in total. The second-order valence-corrected chi connectivity index (χ2v) is 8.39. The number of nitrogens with zero attached hydrogens (tertiary/aromatic N) is 3. The van der Waals surface area contributed by atoms with Crippen LogP contribution in [0.25, 0.3) is 10.2 Å². The quantitative estimate of drug-likeness (QED) is 0.630. The van der Waals surface area contributed by atoms with E-state index in [1.54, 1.807) is 11.6 Å². The fraction of sp³-hybridized carbons (Fsp3) is 0.562. The largest absolute Gasteiger partial charge is 0.342 e. The number of amides is 1. The van der Waals surface area contributed by atoms with E-state index in [9.17, 15) is 9.59 Å². The Labute approximate surface area is 143 Å². The first-order valence-corrected chi connectivity index (χ1v) is 9.63. The van der Waals surface area contributed by atoms with Gasteiger partial charge in [0.1, 0.15) is 4.70 Å². The van der Waals surface area contributed by atoms with Crippen molar-refractivity contribution < 1.29 is 4.79 Å². The van der Waals surface area contributed by atoms with Gasteiger partial charge in [-0.2, -0.15) is 0 Å². The zero-order valence-electron chi connectivity index (χ0n) is 13.6. The second-order valence-electron chi connectivity index (χ2n) is 6.16. The molecule has 1 aliphatic heterocycles. The van der Waals surface area contributed by atoms with Gasteiger partial charge in [0.2, 0.25) is 5.91 Å². The van der Waals surface area contributed by atoms with Crippen LogP contribution in [-0.2, 0) is 11.8 Å².